The van der Waals surface area contributed by atoms with Gasteiger partial charge in [0.1, 0.15) is 0 Å². The van der Waals surface area contributed by atoms with Crippen LogP contribution in [-0.4, -0.2) is 53.4 Å². The largest absolute Gasteiger partial charge is 0.481 e. The molecule has 1 unspecified atom stereocenters. The highest BCUT2D eigenvalue weighted by Crippen LogP contribution is 2.18. The van der Waals surface area contributed by atoms with Crippen molar-refractivity contribution in [3.05, 3.63) is 34.9 Å². The van der Waals surface area contributed by atoms with E-state index in [2.05, 4.69) is 0 Å². The summed E-state index contributed by atoms with van der Waals surface area (Å²) in [6, 6.07) is 7.56. The molecule has 1 saturated heterocycles. The fourth-order valence-electron chi connectivity index (χ4n) is 2.24. The molecule has 1 aliphatic rings. The molecule has 1 atom stereocenters. The smallest absolute Gasteiger partial charge is 0.306 e. The van der Waals surface area contributed by atoms with Crippen LogP contribution in [0.2, 0.25) is 5.02 Å². The maximum Gasteiger partial charge on any atom is 0.306 e. The monoisotopic (exact) mass is 343 g/mol. The van der Waals surface area contributed by atoms with Gasteiger partial charge < -0.3 is 14.7 Å². The highest BCUT2D eigenvalue weighted by atomic mass is 35.5. The highest BCUT2D eigenvalue weighted by molar-refractivity contribution is 7.99. The van der Waals surface area contributed by atoms with Crippen molar-refractivity contribution in [1.29, 1.82) is 0 Å². The molecule has 1 aromatic carbocycles. The topological polar surface area (TPSA) is 66.8 Å². The van der Waals surface area contributed by atoms with Gasteiger partial charge in [-0.3, -0.25) is 9.59 Å². The second-order valence-electron chi connectivity index (χ2n) is 5.05. The fraction of sp³-hybridized carbons (Fsp3) is 0.467. The molecule has 1 aromatic rings. The number of benzene rings is 1. The van der Waals surface area contributed by atoms with Crippen molar-refractivity contribution in [2.45, 2.75) is 18.3 Å². The Hall–Kier alpha value is -1.24. The van der Waals surface area contributed by atoms with Gasteiger partial charge in [-0.1, -0.05) is 23.7 Å². The van der Waals surface area contributed by atoms with E-state index in [0.29, 0.717) is 30.5 Å². The summed E-state index contributed by atoms with van der Waals surface area (Å²) >= 11 is 7.44. The summed E-state index contributed by atoms with van der Waals surface area (Å²) in [5.41, 5.74) is 1.08. The van der Waals surface area contributed by atoms with Crippen molar-refractivity contribution in [1.82, 2.24) is 4.90 Å². The van der Waals surface area contributed by atoms with Crippen LogP contribution in [-0.2, 0) is 20.1 Å². The van der Waals surface area contributed by atoms with Gasteiger partial charge in [0, 0.05) is 23.9 Å². The number of aliphatic carboxylic acids is 1. The van der Waals surface area contributed by atoms with E-state index in [-0.39, 0.29) is 12.3 Å². The zero-order valence-electron chi connectivity index (χ0n) is 12.0. The second-order valence-corrected chi connectivity index (χ2v) is 6.48. The number of hydrogen-bond donors (Lipinski definition) is 1. The van der Waals surface area contributed by atoms with E-state index in [0.717, 1.165) is 11.3 Å². The van der Waals surface area contributed by atoms with Crippen LogP contribution in [0.4, 0.5) is 0 Å². The Morgan fingerprint density at radius 3 is 3.00 bits per heavy atom. The van der Waals surface area contributed by atoms with Gasteiger partial charge in [0.2, 0.25) is 5.91 Å². The summed E-state index contributed by atoms with van der Waals surface area (Å²) in [4.78, 5) is 24.5. The third-order valence-corrected chi connectivity index (χ3v) is 4.50. The molecule has 1 heterocycles. The minimum atomic E-state index is -0.908. The molecule has 22 heavy (non-hydrogen) atoms. The van der Waals surface area contributed by atoms with Crippen molar-refractivity contribution >= 4 is 35.2 Å². The lowest BCUT2D eigenvalue weighted by Gasteiger charge is -2.32. The first-order chi connectivity index (χ1) is 10.5. The number of thioether (sulfide) groups is 1. The fourth-order valence-corrected chi connectivity index (χ4v) is 3.33. The van der Waals surface area contributed by atoms with Gasteiger partial charge in [-0.25, -0.2) is 0 Å². The first kappa shape index (κ1) is 17.1. The van der Waals surface area contributed by atoms with E-state index in [1.54, 1.807) is 4.90 Å². The molecule has 0 aliphatic carbocycles. The summed E-state index contributed by atoms with van der Waals surface area (Å²) in [6.07, 6.45) is -0.479. The molecule has 1 N–H and O–H groups in total. The number of carbonyl (C=O) groups is 2. The van der Waals surface area contributed by atoms with Crippen LogP contribution in [0.1, 0.15) is 12.0 Å². The number of carbonyl (C=O) groups excluding carboxylic acids is 1. The molecule has 0 spiro atoms. The Morgan fingerprint density at radius 2 is 2.27 bits per heavy atom. The number of amides is 1. The predicted octanol–water partition coefficient (Wildman–Crippen LogP) is 2.28. The summed E-state index contributed by atoms with van der Waals surface area (Å²) in [5, 5.41) is 9.47. The van der Waals surface area contributed by atoms with Gasteiger partial charge in [0.05, 0.1) is 24.9 Å². The van der Waals surface area contributed by atoms with Crippen molar-refractivity contribution < 1.29 is 19.4 Å². The van der Waals surface area contributed by atoms with Crippen molar-refractivity contribution in [3.63, 3.8) is 0 Å². The Labute approximate surface area is 138 Å². The molecule has 0 saturated carbocycles. The van der Waals surface area contributed by atoms with E-state index in [9.17, 15) is 9.59 Å². The van der Waals surface area contributed by atoms with Gasteiger partial charge >= 0.3 is 5.97 Å². The number of morpholine rings is 1. The molecular weight excluding hydrogens is 326 g/mol. The lowest BCUT2D eigenvalue weighted by atomic mass is 10.2. The van der Waals surface area contributed by atoms with Crippen LogP contribution >= 0.6 is 23.4 Å². The summed E-state index contributed by atoms with van der Waals surface area (Å²) < 4.78 is 5.36. The standard InChI is InChI=1S/C15H18ClNO4S/c16-12-3-1-2-11(6-12)9-22-10-14(18)17-4-5-21-13(8-17)7-15(19)20/h1-3,6,13H,4-5,7-10H2,(H,19,20). The van der Waals surface area contributed by atoms with Crippen LogP contribution in [0.5, 0.6) is 0 Å². The number of halogens is 1. The van der Waals surface area contributed by atoms with Crippen molar-refractivity contribution in [2.24, 2.45) is 0 Å². The number of carboxylic acid groups (broad SMARTS) is 1. The van der Waals surface area contributed by atoms with Gasteiger partial charge in [-0.2, -0.15) is 0 Å². The molecule has 2 rings (SSSR count). The van der Waals surface area contributed by atoms with Crippen LogP contribution in [0.25, 0.3) is 0 Å². The lowest BCUT2D eigenvalue weighted by Crippen LogP contribution is -2.46. The molecule has 1 fully saturated rings. The van der Waals surface area contributed by atoms with Crippen LogP contribution in [0, 0.1) is 0 Å². The zero-order valence-corrected chi connectivity index (χ0v) is 13.6. The number of nitrogens with zero attached hydrogens (tertiary/aromatic N) is 1. The predicted molar refractivity (Wildman–Crippen MR) is 86.2 cm³/mol. The third-order valence-electron chi connectivity index (χ3n) is 3.28. The van der Waals surface area contributed by atoms with Crippen LogP contribution < -0.4 is 0 Å². The average Bonchev–Trinajstić information content (AvgIpc) is 2.47. The minimum absolute atomic E-state index is 0.0192. The number of ether oxygens (including phenoxy) is 1. The Morgan fingerprint density at radius 1 is 1.45 bits per heavy atom. The number of carboxylic acids is 1. The average molecular weight is 344 g/mol. The SMILES string of the molecule is O=C(O)CC1CN(C(=O)CSCc2cccc(Cl)c2)CCO1. The molecular formula is C15H18ClNO4S. The van der Waals surface area contributed by atoms with Gasteiger partial charge in [-0.15, -0.1) is 11.8 Å². The molecule has 5 nitrogen and oxygen atoms in total. The van der Waals surface area contributed by atoms with Gasteiger partial charge in [0.25, 0.3) is 0 Å². The minimum Gasteiger partial charge on any atom is -0.481 e. The van der Waals surface area contributed by atoms with Gasteiger partial charge in [0.15, 0.2) is 0 Å². The molecule has 0 aromatic heterocycles. The highest BCUT2D eigenvalue weighted by Gasteiger charge is 2.25. The summed E-state index contributed by atoms with van der Waals surface area (Å²) in [7, 11) is 0. The first-order valence-corrected chi connectivity index (χ1v) is 8.51. The third kappa shape index (κ3) is 5.51. The van der Waals surface area contributed by atoms with E-state index < -0.39 is 12.1 Å². The van der Waals surface area contributed by atoms with Crippen LogP contribution in [0.3, 0.4) is 0 Å². The number of rotatable bonds is 6. The zero-order chi connectivity index (χ0) is 15.9. The van der Waals surface area contributed by atoms with Crippen molar-refractivity contribution in [3.8, 4) is 0 Å². The van der Waals surface area contributed by atoms with Crippen LogP contribution in [0.15, 0.2) is 24.3 Å². The summed E-state index contributed by atoms with van der Waals surface area (Å²) in [6.45, 7) is 1.26. The quantitative estimate of drug-likeness (QED) is 0.858. The van der Waals surface area contributed by atoms with E-state index in [1.807, 2.05) is 24.3 Å². The van der Waals surface area contributed by atoms with E-state index in [4.69, 9.17) is 21.4 Å². The Kier molecular flexibility index (Phi) is 6.54. The number of hydrogen-bond acceptors (Lipinski definition) is 4. The van der Waals surface area contributed by atoms with Crippen molar-refractivity contribution in [2.75, 3.05) is 25.4 Å². The van der Waals surface area contributed by atoms with E-state index >= 15 is 0 Å². The summed E-state index contributed by atoms with van der Waals surface area (Å²) in [5.74, 6) is 0.196. The Bertz CT molecular complexity index is 540. The maximum absolute atomic E-state index is 12.2. The molecule has 0 radical (unpaired) electrons. The molecule has 0 bridgehead atoms. The molecule has 120 valence electrons. The molecule has 7 heteroatoms. The van der Waals surface area contributed by atoms with E-state index in [1.165, 1.54) is 11.8 Å². The first-order valence-electron chi connectivity index (χ1n) is 6.98. The molecule has 1 amide bonds. The normalized spacial score (nSPS) is 18.2. The lowest BCUT2D eigenvalue weighted by molar-refractivity contribution is -0.146. The molecule has 1 aliphatic heterocycles. The van der Waals surface area contributed by atoms with Gasteiger partial charge in [-0.05, 0) is 17.7 Å². The Balaban J connectivity index is 1.75. The second kappa shape index (κ2) is 8.41. The maximum atomic E-state index is 12.2.